The predicted molar refractivity (Wildman–Crippen MR) is 86.7 cm³/mol. The first kappa shape index (κ1) is 15.5. The summed E-state index contributed by atoms with van der Waals surface area (Å²) >= 11 is 0. The molecule has 1 aromatic heterocycles. The molecule has 1 fully saturated rings. The van der Waals surface area contributed by atoms with Crippen LogP contribution in [0.3, 0.4) is 0 Å². The highest BCUT2D eigenvalue weighted by Crippen LogP contribution is 2.32. The number of imidazole rings is 1. The van der Waals surface area contributed by atoms with Crippen molar-refractivity contribution in [1.29, 1.82) is 0 Å². The van der Waals surface area contributed by atoms with Crippen LogP contribution in [0.15, 0.2) is 0 Å². The third-order valence-corrected chi connectivity index (χ3v) is 5.17. The number of nitrogens with one attached hydrogen (secondary N) is 1. The van der Waals surface area contributed by atoms with Crippen molar-refractivity contribution in [2.45, 2.75) is 57.9 Å². The second kappa shape index (κ2) is 6.82. The lowest BCUT2D eigenvalue weighted by Crippen LogP contribution is -2.32. The summed E-state index contributed by atoms with van der Waals surface area (Å²) in [5.41, 5.74) is 2.64. The Morgan fingerprint density at radius 2 is 2.18 bits per heavy atom. The van der Waals surface area contributed by atoms with Crippen molar-refractivity contribution in [3.63, 3.8) is 0 Å². The number of H-pyrrole nitrogens is 1. The molecular weight excluding hydrogens is 276 g/mol. The van der Waals surface area contributed by atoms with Gasteiger partial charge in [0.2, 0.25) is 5.91 Å². The minimum atomic E-state index is 0.242. The molecule has 1 amide bonds. The molecule has 3 rings (SSSR count). The van der Waals surface area contributed by atoms with E-state index in [1.807, 2.05) is 14.0 Å². The van der Waals surface area contributed by atoms with E-state index in [4.69, 9.17) is 4.98 Å². The van der Waals surface area contributed by atoms with E-state index in [9.17, 15) is 4.79 Å². The van der Waals surface area contributed by atoms with Crippen molar-refractivity contribution < 1.29 is 4.79 Å². The maximum Gasteiger partial charge on any atom is 0.223 e. The van der Waals surface area contributed by atoms with E-state index in [1.165, 1.54) is 30.7 Å². The highest BCUT2D eigenvalue weighted by Gasteiger charge is 2.30. The number of likely N-dealkylation sites (tertiary alicyclic amines) is 1. The second-order valence-electron chi connectivity index (χ2n) is 6.61. The van der Waals surface area contributed by atoms with Gasteiger partial charge in [0.1, 0.15) is 5.82 Å². The van der Waals surface area contributed by atoms with E-state index >= 15 is 0 Å². The summed E-state index contributed by atoms with van der Waals surface area (Å²) < 4.78 is 0. The van der Waals surface area contributed by atoms with Gasteiger partial charge in [-0.3, -0.25) is 9.69 Å². The van der Waals surface area contributed by atoms with Crippen LogP contribution in [0.4, 0.5) is 0 Å². The van der Waals surface area contributed by atoms with E-state index in [-0.39, 0.29) is 5.91 Å². The molecule has 0 radical (unpaired) electrons. The number of fused-ring (bicyclic) bond motifs is 1. The van der Waals surface area contributed by atoms with Crippen LogP contribution in [0.25, 0.3) is 0 Å². The molecule has 1 atom stereocenters. The fourth-order valence-corrected chi connectivity index (χ4v) is 3.64. The molecule has 122 valence electrons. The Morgan fingerprint density at radius 1 is 1.36 bits per heavy atom. The summed E-state index contributed by atoms with van der Waals surface area (Å²) in [7, 11) is 1.88. The average Bonchev–Trinajstić information content (AvgIpc) is 3.17. The van der Waals surface area contributed by atoms with Gasteiger partial charge in [0, 0.05) is 32.3 Å². The summed E-state index contributed by atoms with van der Waals surface area (Å²) in [6, 6.07) is 0.380. The van der Waals surface area contributed by atoms with Crippen molar-refractivity contribution in [2.24, 2.45) is 0 Å². The highest BCUT2D eigenvalue weighted by atomic mass is 16.2. The molecule has 1 N–H and O–H groups in total. The number of aromatic nitrogens is 2. The van der Waals surface area contributed by atoms with E-state index in [0.29, 0.717) is 12.5 Å². The van der Waals surface area contributed by atoms with Gasteiger partial charge in [-0.25, -0.2) is 4.98 Å². The van der Waals surface area contributed by atoms with Gasteiger partial charge >= 0.3 is 0 Å². The molecule has 1 aliphatic heterocycles. The zero-order chi connectivity index (χ0) is 15.5. The van der Waals surface area contributed by atoms with Gasteiger partial charge in [-0.05, 0) is 52.0 Å². The summed E-state index contributed by atoms with van der Waals surface area (Å²) in [6.07, 6.45) is 7.79. The third-order valence-electron chi connectivity index (χ3n) is 5.17. The molecular formula is C17H28N4O. The zero-order valence-corrected chi connectivity index (χ0v) is 13.9. The number of aryl methyl sites for hydroxylation is 2. The Morgan fingerprint density at radius 3 is 2.95 bits per heavy atom. The van der Waals surface area contributed by atoms with Crippen molar-refractivity contribution >= 4 is 5.91 Å². The molecule has 1 aromatic rings. The van der Waals surface area contributed by atoms with Crippen molar-refractivity contribution in [2.75, 3.05) is 26.7 Å². The smallest absolute Gasteiger partial charge is 0.223 e. The van der Waals surface area contributed by atoms with Crippen LogP contribution >= 0.6 is 0 Å². The van der Waals surface area contributed by atoms with Crippen molar-refractivity contribution in [3.8, 4) is 0 Å². The number of carbonyl (C=O) groups excluding carboxylic acids is 1. The molecule has 1 saturated heterocycles. The van der Waals surface area contributed by atoms with Gasteiger partial charge in [0.25, 0.3) is 0 Å². The maximum atomic E-state index is 12.0. The fourth-order valence-electron chi connectivity index (χ4n) is 3.64. The van der Waals surface area contributed by atoms with Gasteiger partial charge in [-0.2, -0.15) is 0 Å². The number of hydrogen-bond acceptors (Lipinski definition) is 3. The lowest BCUT2D eigenvalue weighted by Gasteiger charge is -2.23. The average molecular weight is 304 g/mol. The molecule has 0 unspecified atom stereocenters. The predicted octanol–water partition coefficient (Wildman–Crippen LogP) is 2.29. The number of nitrogens with zero attached hydrogens (tertiary/aromatic N) is 3. The normalized spacial score (nSPS) is 21.8. The number of amides is 1. The Bertz CT molecular complexity index is 501. The van der Waals surface area contributed by atoms with Crippen LogP contribution in [-0.4, -0.2) is 52.4 Å². The van der Waals surface area contributed by atoms with Crippen LogP contribution in [0.1, 0.15) is 62.3 Å². The van der Waals surface area contributed by atoms with Crippen LogP contribution in [0, 0.1) is 0 Å². The van der Waals surface area contributed by atoms with E-state index in [0.717, 1.165) is 44.7 Å². The molecule has 0 spiro atoms. The lowest BCUT2D eigenvalue weighted by molar-refractivity contribution is -0.130. The Balaban J connectivity index is 1.63. The minimum Gasteiger partial charge on any atom is -0.346 e. The molecule has 1 aliphatic carbocycles. The van der Waals surface area contributed by atoms with Crippen molar-refractivity contribution in [1.82, 2.24) is 19.8 Å². The van der Waals surface area contributed by atoms with E-state index < -0.39 is 0 Å². The van der Waals surface area contributed by atoms with Crippen LogP contribution < -0.4 is 0 Å². The number of hydrogen-bond donors (Lipinski definition) is 1. The van der Waals surface area contributed by atoms with Crippen LogP contribution in [0.5, 0.6) is 0 Å². The maximum absolute atomic E-state index is 12.0. The monoisotopic (exact) mass is 304 g/mol. The summed E-state index contributed by atoms with van der Waals surface area (Å²) in [5, 5.41) is 0. The molecule has 5 heteroatoms. The fraction of sp³-hybridized carbons (Fsp3) is 0.765. The Labute approximate surface area is 133 Å². The first-order valence-corrected chi connectivity index (χ1v) is 8.74. The van der Waals surface area contributed by atoms with Gasteiger partial charge in [0.15, 0.2) is 0 Å². The number of rotatable bonds is 5. The Hall–Kier alpha value is -1.36. The van der Waals surface area contributed by atoms with Crippen LogP contribution in [-0.2, 0) is 17.6 Å². The molecule has 0 bridgehead atoms. The molecule has 0 saturated carbocycles. The third kappa shape index (κ3) is 3.19. The molecule has 2 aliphatic rings. The zero-order valence-electron chi connectivity index (χ0n) is 13.9. The quantitative estimate of drug-likeness (QED) is 0.908. The van der Waals surface area contributed by atoms with E-state index in [1.54, 1.807) is 4.90 Å². The van der Waals surface area contributed by atoms with Crippen molar-refractivity contribution in [3.05, 3.63) is 17.2 Å². The van der Waals surface area contributed by atoms with E-state index in [2.05, 4.69) is 9.88 Å². The largest absolute Gasteiger partial charge is 0.346 e. The van der Waals surface area contributed by atoms with Gasteiger partial charge in [-0.15, -0.1) is 0 Å². The van der Waals surface area contributed by atoms with Gasteiger partial charge in [-0.1, -0.05) is 0 Å². The minimum absolute atomic E-state index is 0.242. The van der Waals surface area contributed by atoms with Crippen LogP contribution in [0.2, 0.25) is 0 Å². The number of aromatic amines is 1. The summed E-state index contributed by atoms with van der Waals surface area (Å²) in [5.74, 6) is 1.38. The highest BCUT2D eigenvalue weighted by molar-refractivity contribution is 5.75. The molecule has 5 nitrogen and oxygen atoms in total. The molecule has 22 heavy (non-hydrogen) atoms. The standard InChI is InChI=1S/C17H28N4O/c1-3-20(2)16(22)10-12-21-11-6-9-15(21)17-18-13-7-4-5-8-14(13)19-17/h15H,3-12H2,1-2H3,(H,18,19)/t15-/m0/s1. The molecule has 2 heterocycles. The second-order valence-corrected chi connectivity index (χ2v) is 6.61. The lowest BCUT2D eigenvalue weighted by atomic mass is 10.0. The first-order chi connectivity index (χ1) is 10.7. The topological polar surface area (TPSA) is 52.2 Å². The van der Waals surface area contributed by atoms with Gasteiger partial charge in [0.05, 0.1) is 11.7 Å². The van der Waals surface area contributed by atoms with Gasteiger partial charge < -0.3 is 9.88 Å². The summed E-state index contributed by atoms with van der Waals surface area (Å²) in [6.45, 7) is 4.73. The first-order valence-electron chi connectivity index (χ1n) is 8.74. The SMILES string of the molecule is CCN(C)C(=O)CCN1CCC[C@H]1c1nc2c([nH]1)CCCC2. The molecule has 0 aromatic carbocycles. The Kier molecular flexibility index (Phi) is 4.81. The number of carbonyl (C=O) groups is 1. The summed E-state index contributed by atoms with van der Waals surface area (Å²) in [4.78, 5) is 24.7.